The third-order valence-electron chi connectivity index (χ3n) is 5.10. The van der Waals surface area contributed by atoms with E-state index >= 15 is 0 Å². The average molecular weight is 467 g/mol. The lowest BCUT2D eigenvalue weighted by molar-refractivity contribution is -0.113. The van der Waals surface area contributed by atoms with E-state index in [2.05, 4.69) is 26.7 Å². The van der Waals surface area contributed by atoms with Gasteiger partial charge in [0.05, 0.1) is 22.8 Å². The van der Waals surface area contributed by atoms with Gasteiger partial charge < -0.3 is 5.32 Å². The summed E-state index contributed by atoms with van der Waals surface area (Å²) in [6.45, 7) is 5.84. The van der Waals surface area contributed by atoms with Crippen molar-refractivity contribution in [3.8, 4) is 17.1 Å². The fraction of sp³-hybridized carbons (Fsp3) is 0.217. The van der Waals surface area contributed by atoms with Gasteiger partial charge >= 0.3 is 0 Å². The number of halogens is 1. The molecule has 0 radical (unpaired) electrons. The van der Waals surface area contributed by atoms with Crippen LogP contribution in [0.5, 0.6) is 0 Å². The largest absolute Gasteiger partial charge is 0.322 e. The highest BCUT2D eigenvalue weighted by atomic mass is 35.5. The molecule has 164 valence electrons. The summed E-state index contributed by atoms with van der Waals surface area (Å²) in [5, 5.41) is 17.4. The smallest absolute Gasteiger partial charge is 0.234 e. The van der Waals surface area contributed by atoms with Gasteiger partial charge in [-0.2, -0.15) is 5.10 Å². The summed E-state index contributed by atoms with van der Waals surface area (Å²) in [6.07, 6.45) is 0. The second-order valence-corrected chi connectivity index (χ2v) is 8.87. The van der Waals surface area contributed by atoms with E-state index in [1.807, 2.05) is 74.9 Å². The Hall–Kier alpha value is -3.10. The molecular weight excluding hydrogens is 444 g/mol. The van der Waals surface area contributed by atoms with Gasteiger partial charge in [-0.15, -0.1) is 10.2 Å². The Bertz CT molecular complexity index is 1280. The van der Waals surface area contributed by atoms with Gasteiger partial charge in [0.2, 0.25) is 5.91 Å². The molecule has 2 aromatic heterocycles. The number of aromatic nitrogens is 5. The van der Waals surface area contributed by atoms with Crippen molar-refractivity contribution in [2.45, 2.75) is 25.9 Å². The van der Waals surface area contributed by atoms with Crippen LogP contribution in [0.15, 0.2) is 53.7 Å². The van der Waals surface area contributed by atoms with E-state index in [1.165, 1.54) is 11.8 Å². The van der Waals surface area contributed by atoms with Gasteiger partial charge in [-0.1, -0.05) is 35.5 Å². The van der Waals surface area contributed by atoms with Crippen molar-refractivity contribution < 1.29 is 4.79 Å². The molecule has 9 heteroatoms. The van der Waals surface area contributed by atoms with Crippen molar-refractivity contribution in [2.24, 2.45) is 7.05 Å². The standard InChI is InChI=1S/C23H23ClN6OS/c1-14-6-5-7-19(12-14)30-22(17-8-10-18(24)11-9-17)26-27-23(30)32-13-20(31)25-21-15(2)28-29(4)16(21)3/h5-12H,13H2,1-4H3,(H,25,31). The molecule has 0 aliphatic carbocycles. The SMILES string of the molecule is Cc1cccc(-n2c(SCC(=O)Nc3c(C)nn(C)c3C)nnc2-c2ccc(Cl)cc2)c1. The van der Waals surface area contributed by atoms with Crippen LogP contribution in [-0.4, -0.2) is 36.2 Å². The number of anilines is 1. The normalized spacial score (nSPS) is 11.0. The van der Waals surface area contributed by atoms with E-state index in [-0.39, 0.29) is 11.7 Å². The summed E-state index contributed by atoms with van der Waals surface area (Å²) >= 11 is 7.40. The molecule has 2 heterocycles. The summed E-state index contributed by atoms with van der Waals surface area (Å²) in [6, 6.07) is 15.6. The fourth-order valence-electron chi connectivity index (χ4n) is 3.41. The average Bonchev–Trinajstić information content (AvgIpc) is 3.29. The highest BCUT2D eigenvalue weighted by molar-refractivity contribution is 7.99. The minimum Gasteiger partial charge on any atom is -0.322 e. The number of nitrogens with one attached hydrogen (secondary N) is 1. The Morgan fingerprint density at radius 2 is 1.84 bits per heavy atom. The third kappa shape index (κ3) is 4.56. The van der Waals surface area contributed by atoms with Gasteiger partial charge in [0.15, 0.2) is 11.0 Å². The molecule has 1 amide bonds. The van der Waals surface area contributed by atoms with Crippen LogP contribution in [0.2, 0.25) is 5.02 Å². The predicted octanol–water partition coefficient (Wildman–Crippen LogP) is 4.98. The number of carbonyl (C=O) groups excluding carboxylic acids is 1. The summed E-state index contributed by atoms with van der Waals surface area (Å²) in [5.74, 6) is 0.758. The second kappa shape index (κ2) is 9.18. The molecule has 4 aromatic rings. The Kier molecular flexibility index (Phi) is 6.34. The van der Waals surface area contributed by atoms with Gasteiger partial charge in [-0.25, -0.2) is 0 Å². The minimum atomic E-state index is -0.124. The quantitative estimate of drug-likeness (QED) is 0.405. The molecule has 2 aromatic carbocycles. The highest BCUT2D eigenvalue weighted by Gasteiger charge is 2.19. The van der Waals surface area contributed by atoms with Crippen LogP contribution in [0.4, 0.5) is 5.69 Å². The molecule has 0 atom stereocenters. The van der Waals surface area contributed by atoms with Crippen LogP contribution in [0.3, 0.4) is 0 Å². The number of amides is 1. The van der Waals surface area contributed by atoms with Crippen molar-refractivity contribution >= 4 is 35.0 Å². The number of benzene rings is 2. The maximum atomic E-state index is 12.7. The zero-order chi connectivity index (χ0) is 22.8. The Labute approximate surface area is 195 Å². The molecule has 7 nitrogen and oxygen atoms in total. The lowest BCUT2D eigenvalue weighted by Gasteiger charge is -2.11. The second-order valence-electron chi connectivity index (χ2n) is 7.49. The van der Waals surface area contributed by atoms with Gasteiger partial charge in [0.25, 0.3) is 0 Å². The van der Waals surface area contributed by atoms with E-state index < -0.39 is 0 Å². The fourth-order valence-corrected chi connectivity index (χ4v) is 4.29. The molecule has 0 aliphatic rings. The molecule has 0 bridgehead atoms. The molecule has 0 saturated carbocycles. The number of hydrogen-bond acceptors (Lipinski definition) is 5. The van der Waals surface area contributed by atoms with Gasteiger partial charge in [-0.3, -0.25) is 14.0 Å². The molecule has 0 fully saturated rings. The maximum Gasteiger partial charge on any atom is 0.234 e. The van der Waals surface area contributed by atoms with Crippen molar-refractivity contribution in [1.29, 1.82) is 0 Å². The minimum absolute atomic E-state index is 0.124. The van der Waals surface area contributed by atoms with Gasteiger partial charge in [0.1, 0.15) is 0 Å². The number of aryl methyl sites for hydroxylation is 3. The van der Waals surface area contributed by atoms with E-state index in [0.717, 1.165) is 33.9 Å². The van der Waals surface area contributed by atoms with Crippen molar-refractivity contribution in [3.63, 3.8) is 0 Å². The number of thioether (sulfide) groups is 1. The molecule has 0 saturated heterocycles. The predicted molar refractivity (Wildman–Crippen MR) is 129 cm³/mol. The molecule has 32 heavy (non-hydrogen) atoms. The van der Waals surface area contributed by atoms with Crippen LogP contribution >= 0.6 is 23.4 Å². The van der Waals surface area contributed by atoms with Crippen LogP contribution in [0.1, 0.15) is 17.0 Å². The first kappa shape index (κ1) is 22.1. The topological polar surface area (TPSA) is 77.6 Å². The molecule has 0 aliphatic heterocycles. The lowest BCUT2D eigenvalue weighted by Crippen LogP contribution is -2.15. The zero-order valence-electron chi connectivity index (χ0n) is 18.3. The number of hydrogen-bond donors (Lipinski definition) is 1. The summed E-state index contributed by atoms with van der Waals surface area (Å²) in [5.41, 5.74) is 5.39. The van der Waals surface area contributed by atoms with E-state index in [0.29, 0.717) is 16.0 Å². The monoisotopic (exact) mass is 466 g/mol. The van der Waals surface area contributed by atoms with Crippen molar-refractivity contribution in [1.82, 2.24) is 24.5 Å². The van der Waals surface area contributed by atoms with Gasteiger partial charge in [-0.05, 0) is 62.7 Å². The van der Waals surface area contributed by atoms with E-state index in [9.17, 15) is 4.79 Å². The maximum absolute atomic E-state index is 12.7. The first-order valence-corrected chi connectivity index (χ1v) is 11.4. The lowest BCUT2D eigenvalue weighted by atomic mass is 10.2. The summed E-state index contributed by atoms with van der Waals surface area (Å²) in [4.78, 5) is 12.7. The first-order chi connectivity index (χ1) is 15.3. The molecule has 0 unspecified atom stereocenters. The van der Waals surface area contributed by atoms with Crippen LogP contribution in [-0.2, 0) is 11.8 Å². The highest BCUT2D eigenvalue weighted by Crippen LogP contribution is 2.29. The Balaban J connectivity index is 1.62. The number of rotatable bonds is 6. The number of nitrogens with zero attached hydrogens (tertiary/aromatic N) is 5. The Morgan fingerprint density at radius 3 is 2.50 bits per heavy atom. The molecular formula is C23H23ClN6OS. The molecule has 1 N–H and O–H groups in total. The van der Waals surface area contributed by atoms with Crippen LogP contribution in [0.25, 0.3) is 17.1 Å². The van der Waals surface area contributed by atoms with E-state index in [4.69, 9.17) is 11.6 Å². The van der Waals surface area contributed by atoms with Crippen molar-refractivity contribution in [2.75, 3.05) is 11.1 Å². The van der Waals surface area contributed by atoms with Crippen LogP contribution < -0.4 is 5.32 Å². The van der Waals surface area contributed by atoms with Crippen molar-refractivity contribution in [3.05, 3.63) is 70.5 Å². The van der Waals surface area contributed by atoms with Crippen LogP contribution in [0, 0.1) is 20.8 Å². The summed E-state index contributed by atoms with van der Waals surface area (Å²) < 4.78 is 3.72. The molecule has 4 rings (SSSR count). The first-order valence-electron chi connectivity index (χ1n) is 10.0. The Morgan fingerprint density at radius 1 is 1.09 bits per heavy atom. The van der Waals surface area contributed by atoms with Gasteiger partial charge in [0, 0.05) is 23.3 Å². The molecule has 0 spiro atoms. The third-order valence-corrected chi connectivity index (χ3v) is 6.28. The zero-order valence-corrected chi connectivity index (χ0v) is 19.8. The number of carbonyl (C=O) groups is 1. The van der Waals surface area contributed by atoms with E-state index in [1.54, 1.807) is 4.68 Å². The summed E-state index contributed by atoms with van der Waals surface area (Å²) in [7, 11) is 1.86.